The molecule has 96 valence electrons. The highest BCUT2D eigenvalue weighted by molar-refractivity contribution is 5.79. The van der Waals surface area contributed by atoms with E-state index in [2.05, 4.69) is 62.5 Å². The molecule has 0 bridgehead atoms. The van der Waals surface area contributed by atoms with Crippen LogP contribution in [0.3, 0.4) is 0 Å². The van der Waals surface area contributed by atoms with Crippen LogP contribution >= 0.6 is 0 Å². The second kappa shape index (κ2) is 4.97. The number of nitrogens with one attached hydrogen (secondary N) is 1. The summed E-state index contributed by atoms with van der Waals surface area (Å²) in [5, 5.41) is 2.93. The molecule has 1 heterocycles. The fourth-order valence-corrected chi connectivity index (χ4v) is 2.10. The molecule has 1 atom stereocenters. The Hall–Kier alpha value is -1.57. The molecule has 1 amide bonds. The molecule has 2 heteroatoms. The third kappa shape index (κ3) is 3.22. The van der Waals surface area contributed by atoms with Gasteiger partial charge in [0.15, 0.2) is 0 Å². The molecule has 0 aromatic heterocycles. The van der Waals surface area contributed by atoms with Crippen LogP contribution in [0.1, 0.15) is 44.7 Å². The van der Waals surface area contributed by atoms with Crippen molar-refractivity contribution in [3.05, 3.63) is 41.5 Å². The summed E-state index contributed by atoms with van der Waals surface area (Å²) in [5.41, 5.74) is 2.72. The minimum Gasteiger partial charge on any atom is -0.350 e. The Morgan fingerprint density at radius 2 is 1.89 bits per heavy atom. The predicted molar refractivity (Wildman–Crippen MR) is 75.3 cm³/mol. The van der Waals surface area contributed by atoms with Crippen molar-refractivity contribution in [2.45, 2.75) is 45.1 Å². The van der Waals surface area contributed by atoms with Crippen LogP contribution in [-0.4, -0.2) is 11.9 Å². The highest BCUT2D eigenvalue weighted by atomic mass is 16.1. The van der Waals surface area contributed by atoms with E-state index in [4.69, 9.17) is 0 Å². The number of carbonyl (C=O) groups is 1. The largest absolute Gasteiger partial charge is 0.350 e. The first-order valence-electron chi connectivity index (χ1n) is 6.53. The Labute approximate surface area is 109 Å². The zero-order chi connectivity index (χ0) is 13.2. The fraction of sp³-hybridized carbons (Fsp3) is 0.438. The van der Waals surface area contributed by atoms with Gasteiger partial charge in [-0.05, 0) is 23.0 Å². The van der Waals surface area contributed by atoms with Gasteiger partial charge in [-0.2, -0.15) is 0 Å². The normalized spacial score (nSPS) is 20.4. The first-order chi connectivity index (χ1) is 8.45. The van der Waals surface area contributed by atoms with Crippen LogP contribution < -0.4 is 5.32 Å². The van der Waals surface area contributed by atoms with Crippen LogP contribution in [0, 0.1) is 0 Å². The van der Waals surface area contributed by atoms with Gasteiger partial charge in [-0.15, -0.1) is 0 Å². The third-order valence-corrected chi connectivity index (χ3v) is 3.33. The molecule has 0 saturated carbocycles. The van der Waals surface area contributed by atoms with Crippen molar-refractivity contribution in [1.29, 1.82) is 0 Å². The van der Waals surface area contributed by atoms with Crippen molar-refractivity contribution in [2.24, 2.45) is 0 Å². The van der Waals surface area contributed by atoms with E-state index in [9.17, 15) is 4.79 Å². The molecule has 0 unspecified atom stereocenters. The first-order valence-corrected chi connectivity index (χ1v) is 6.53. The standard InChI is InChI=1S/C16H21NO/c1-16(2,3)13-7-4-12(5-8-13)6-9-14-10-11-15(18)17-14/h4-9,14H,10-11H2,1-3H3,(H,17,18)/b9-6+/t14-/m0/s1. The van der Waals surface area contributed by atoms with E-state index < -0.39 is 0 Å². The van der Waals surface area contributed by atoms with Crippen molar-refractivity contribution < 1.29 is 4.79 Å². The van der Waals surface area contributed by atoms with Crippen molar-refractivity contribution >= 4 is 12.0 Å². The Balaban J connectivity index is 2.02. The summed E-state index contributed by atoms with van der Waals surface area (Å²) in [6, 6.07) is 8.82. The lowest BCUT2D eigenvalue weighted by atomic mass is 9.87. The lowest BCUT2D eigenvalue weighted by Gasteiger charge is -2.18. The Morgan fingerprint density at radius 3 is 2.39 bits per heavy atom. The highest BCUT2D eigenvalue weighted by Crippen LogP contribution is 2.22. The average Bonchev–Trinajstić information content (AvgIpc) is 2.72. The predicted octanol–water partition coefficient (Wildman–Crippen LogP) is 3.28. The van der Waals surface area contributed by atoms with Gasteiger partial charge in [0.1, 0.15) is 0 Å². The minimum absolute atomic E-state index is 0.160. The van der Waals surface area contributed by atoms with E-state index in [0.29, 0.717) is 6.42 Å². The molecule has 1 aromatic rings. The SMILES string of the molecule is CC(C)(C)c1ccc(/C=C/[C@H]2CCC(=O)N2)cc1. The maximum atomic E-state index is 11.1. The Kier molecular flexibility index (Phi) is 3.55. The smallest absolute Gasteiger partial charge is 0.220 e. The van der Waals surface area contributed by atoms with Gasteiger partial charge in [0.25, 0.3) is 0 Å². The lowest BCUT2D eigenvalue weighted by molar-refractivity contribution is -0.119. The maximum Gasteiger partial charge on any atom is 0.220 e. The van der Waals surface area contributed by atoms with Crippen molar-refractivity contribution in [2.75, 3.05) is 0 Å². The second-order valence-electron chi connectivity index (χ2n) is 5.94. The van der Waals surface area contributed by atoms with Gasteiger partial charge in [0.2, 0.25) is 5.91 Å². The molecule has 0 spiro atoms. The zero-order valence-corrected chi connectivity index (χ0v) is 11.4. The topological polar surface area (TPSA) is 29.1 Å². The van der Waals surface area contributed by atoms with Crippen molar-refractivity contribution in [3.63, 3.8) is 0 Å². The molecule has 2 rings (SSSR count). The summed E-state index contributed by atoms with van der Waals surface area (Å²) < 4.78 is 0. The zero-order valence-electron chi connectivity index (χ0n) is 11.4. The van der Waals surface area contributed by atoms with E-state index in [1.165, 1.54) is 11.1 Å². The molecular formula is C16H21NO. The van der Waals surface area contributed by atoms with Gasteiger partial charge in [0.05, 0.1) is 0 Å². The van der Waals surface area contributed by atoms with E-state index in [1.54, 1.807) is 0 Å². The minimum atomic E-state index is 0.160. The molecule has 1 aliphatic rings. The van der Waals surface area contributed by atoms with Gasteiger partial charge < -0.3 is 5.32 Å². The summed E-state index contributed by atoms with van der Waals surface area (Å²) in [6.07, 6.45) is 5.73. The number of benzene rings is 1. The highest BCUT2D eigenvalue weighted by Gasteiger charge is 2.17. The Bertz CT molecular complexity index is 451. The molecule has 0 aliphatic carbocycles. The van der Waals surface area contributed by atoms with Crippen LogP contribution in [0.2, 0.25) is 0 Å². The number of carbonyl (C=O) groups excluding carboxylic acids is 1. The molecule has 1 fully saturated rings. The molecule has 1 aromatic carbocycles. The summed E-state index contributed by atoms with van der Waals surface area (Å²) in [6.45, 7) is 6.64. The van der Waals surface area contributed by atoms with Crippen molar-refractivity contribution in [3.8, 4) is 0 Å². The molecule has 1 saturated heterocycles. The molecule has 18 heavy (non-hydrogen) atoms. The van der Waals surface area contributed by atoms with Crippen LogP contribution in [0.5, 0.6) is 0 Å². The number of hydrogen-bond donors (Lipinski definition) is 1. The van der Waals surface area contributed by atoms with Crippen LogP contribution in [0.4, 0.5) is 0 Å². The van der Waals surface area contributed by atoms with E-state index in [0.717, 1.165) is 6.42 Å². The van der Waals surface area contributed by atoms with Crippen molar-refractivity contribution in [1.82, 2.24) is 5.32 Å². The summed E-state index contributed by atoms with van der Waals surface area (Å²) in [7, 11) is 0. The van der Waals surface area contributed by atoms with Crippen LogP contribution in [0.15, 0.2) is 30.3 Å². The first kappa shape index (κ1) is 12.9. The summed E-state index contributed by atoms with van der Waals surface area (Å²) in [4.78, 5) is 11.1. The third-order valence-electron chi connectivity index (χ3n) is 3.33. The van der Waals surface area contributed by atoms with Gasteiger partial charge in [-0.3, -0.25) is 4.79 Å². The van der Waals surface area contributed by atoms with Gasteiger partial charge in [-0.25, -0.2) is 0 Å². The molecule has 0 radical (unpaired) electrons. The van der Waals surface area contributed by atoms with E-state index >= 15 is 0 Å². The average molecular weight is 243 g/mol. The lowest BCUT2D eigenvalue weighted by Crippen LogP contribution is -2.22. The fourth-order valence-electron chi connectivity index (χ4n) is 2.10. The number of amides is 1. The molecule has 1 N–H and O–H groups in total. The Morgan fingerprint density at radius 1 is 1.22 bits per heavy atom. The van der Waals surface area contributed by atoms with Crippen LogP contribution in [-0.2, 0) is 10.2 Å². The molecule has 2 nitrogen and oxygen atoms in total. The van der Waals surface area contributed by atoms with Gasteiger partial charge in [-0.1, -0.05) is 57.2 Å². The van der Waals surface area contributed by atoms with Gasteiger partial charge in [0, 0.05) is 12.5 Å². The number of rotatable bonds is 2. The summed E-state index contributed by atoms with van der Waals surface area (Å²) >= 11 is 0. The monoisotopic (exact) mass is 243 g/mol. The molecule has 1 aliphatic heterocycles. The van der Waals surface area contributed by atoms with Crippen LogP contribution in [0.25, 0.3) is 6.08 Å². The number of hydrogen-bond acceptors (Lipinski definition) is 1. The van der Waals surface area contributed by atoms with E-state index in [-0.39, 0.29) is 17.4 Å². The summed E-state index contributed by atoms with van der Waals surface area (Å²) in [5.74, 6) is 0.160. The van der Waals surface area contributed by atoms with Gasteiger partial charge >= 0.3 is 0 Å². The quantitative estimate of drug-likeness (QED) is 0.848. The second-order valence-corrected chi connectivity index (χ2v) is 5.94. The van der Waals surface area contributed by atoms with E-state index in [1.807, 2.05) is 0 Å². The molecular weight excluding hydrogens is 222 g/mol. The maximum absolute atomic E-state index is 11.1.